The summed E-state index contributed by atoms with van der Waals surface area (Å²) in [4.78, 5) is 8.68. The van der Waals surface area contributed by atoms with Crippen molar-refractivity contribution in [3.63, 3.8) is 0 Å². The van der Waals surface area contributed by atoms with Crippen LogP contribution in [-0.4, -0.2) is 15.1 Å². The Kier molecular flexibility index (Phi) is 2.87. The van der Waals surface area contributed by atoms with Gasteiger partial charge in [0.05, 0.1) is 12.1 Å². The minimum absolute atomic E-state index is 0.508. The van der Waals surface area contributed by atoms with E-state index in [1.54, 1.807) is 6.92 Å². The molecule has 96 valence electrons. The summed E-state index contributed by atoms with van der Waals surface area (Å²) in [6.45, 7) is 4.29. The molecule has 1 N–H and O–H groups in total. The Morgan fingerprint density at radius 2 is 2.00 bits per heavy atom. The van der Waals surface area contributed by atoms with Crippen molar-refractivity contribution in [1.29, 1.82) is 0 Å². The van der Waals surface area contributed by atoms with Crippen molar-refractivity contribution in [3.05, 3.63) is 47.7 Å². The van der Waals surface area contributed by atoms with Crippen LogP contribution in [0.15, 0.2) is 34.9 Å². The van der Waals surface area contributed by atoms with Crippen molar-refractivity contribution in [1.82, 2.24) is 15.1 Å². The zero-order chi connectivity index (χ0) is 13.2. The van der Waals surface area contributed by atoms with Gasteiger partial charge in [0.2, 0.25) is 5.89 Å². The van der Waals surface area contributed by atoms with Crippen molar-refractivity contribution < 1.29 is 4.52 Å². The first-order valence-electron chi connectivity index (χ1n) is 6.12. The highest BCUT2D eigenvalue weighted by molar-refractivity contribution is 5.91. The van der Waals surface area contributed by atoms with E-state index in [1.165, 1.54) is 0 Å². The fourth-order valence-electron chi connectivity index (χ4n) is 2.04. The first kappa shape index (κ1) is 11.6. The Hall–Kier alpha value is -2.43. The highest BCUT2D eigenvalue weighted by Crippen LogP contribution is 2.23. The van der Waals surface area contributed by atoms with Crippen LogP contribution in [0, 0.1) is 13.8 Å². The summed E-state index contributed by atoms with van der Waals surface area (Å²) >= 11 is 0. The van der Waals surface area contributed by atoms with Crippen LogP contribution < -0.4 is 5.32 Å². The van der Waals surface area contributed by atoms with E-state index in [2.05, 4.69) is 20.4 Å². The van der Waals surface area contributed by atoms with Crippen LogP contribution in [0.25, 0.3) is 10.9 Å². The van der Waals surface area contributed by atoms with Gasteiger partial charge in [-0.1, -0.05) is 23.4 Å². The van der Waals surface area contributed by atoms with Crippen LogP contribution in [0.1, 0.15) is 17.4 Å². The maximum atomic E-state index is 5.09. The van der Waals surface area contributed by atoms with Gasteiger partial charge in [0.25, 0.3) is 0 Å². The first-order valence-corrected chi connectivity index (χ1v) is 6.12. The second-order valence-corrected chi connectivity index (χ2v) is 4.42. The molecule has 0 saturated carbocycles. The number of para-hydroxylation sites is 1. The average Bonchev–Trinajstić information content (AvgIpc) is 2.81. The van der Waals surface area contributed by atoms with Crippen LogP contribution in [-0.2, 0) is 6.54 Å². The predicted molar refractivity (Wildman–Crippen MR) is 72.8 cm³/mol. The highest BCUT2D eigenvalue weighted by Gasteiger charge is 2.06. The number of nitrogens with one attached hydrogen (secondary N) is 1. The monoisotopic (exact) mass is 254 g/mol. The van der Waals surface area contributed by atoms with Crippen LogP contribution in [0.4, 0.5) is 5.69 Å². The number of rotatable bonds is 3. The van der Waals surface area contributed by atoms with Gasteiger partial charge in [-0.2, -0.15) is 4.98 Å². The van der Waals surface area contributed by atoms with Gasteiger partial charge in [-0.3, -0.25) is 4.98 Å². The Morgan fingerprint density at radius 3 is 2.79 bits per heavy atom. The maximum Gasteiger partial charge on any atom is 0.245 e. The molecule has 3 aromatic rings. The molecule has 19 heavy (non-hydrogen) atoms. The number of hydrogen-bond acceptors (Lipinski definition) is 5. The molecule has 0 saturated heterocycles. The molecule has 0 spiro atoms. The van der Waals surface area contributed by atoms with Crippen molar-refractivity contribution >= 4 is 16.6 Å². The van der Waals surface area contributed by atoms with Gasteiger partial charge < -0.3 is 9.84 Å². The minimum atomic E-state index is 0.508. The Morgan fingerprint density at radius 1 is 1.16 bits per heavy atom. The van der Waals surface area contributed by atoms with Crippen LogP contribution in [0.3, 0.4) is 0 Å². The summed E-state index contributed by atoms with van der Waals surface area (Å²) in [5.74, 6) is 1.23. The first-order chi connectivity index (χ1) is 9.22. The van der Waals surface area contributed by atoms with Crippen molar-refractivity contribution in [2.45, 2.75) is 20.4 Å². The zero-order valence-corrected chi connectivity index (χ0v) is 10.8. The molecule has 0 amide bonds. The smallest absolute Gasteiger partial charge is 0.245 e. The lowest BCUT2D eigenvalue weighted by atomic mass is 10.1. The molecule has 0 atom stereocenters. The molecule has 5 heteroatoms. The van der Waals surface area contributed by atoms with Gasteiger partial charge in [-0.25, -0.2) is 0 Å². The molecule has 0 unspecified atom stereocenters. The molecule has 2 aromatic heterocycles. The second kappa shape index (κ2) is 4.68. The van der Waals surface area contributed by atoms with Crippen molar-refractivity contribution in [3.8, 4) is 0 Å². The fourth-order valence-corrected chi connectivity index (χ4v) is 2.04. The standard InChI is InChI=1S/C14H14N4O/c1-9-7-13(11-5-3-4-6-12(11)16-9)15-8-14-17-10(2)18-19-14/h3-7H,8H2,1-2H3,(H,15,16). The summed E-state index contributed by atoms with van der Waals surface area (Å²) in [7, 11) is 0. The third kappa shape index (κ3) is 2.40. The molecule has 0 fully saturated rings. The maximum absolute atomic E-state index is 5.09. The molecule has 2 heterocycles. The largest absolute Gasteiger partial charge is 0.376 e. The third-order valence-electron chi connectivity index (χ3n) is 2.84. The molecule has 0 radical (unpaired) electrons. The summed E-state index contributed by atoms with van der Waals surface area (Å²) in [6.07, 6.45) is 0. The molecular weight excluding hydrogens is 240 g/mol. The number of hydrogen-bond donors (Lipinski definition) is 1. The Bertz CT molecular complexity index is 720. The van der Waals surface area contributed by atoms with E-state index in [0.717, 1.165) is 22.3 Å². The Balaban J connectivity index is 1.91. The number of aryl methyl sites for hydroxylation is 2. The molecular formula is C14H14N4O. The van der Waals surface area contributed by atoms with Crippen molar-refractivity contribution in [2.75, 3.05) is 5.32 Å². The molecule has 5 nitrogen and oxygen atoms in total. The van der Waals surface area contributed by atoms with Gasteiger partial charge in [0.1, 0.15) is 0 Å². The van der Waals surface area contributed by atoms with E-state index in [4.69, 9.17) is 4.52 Å². The SMILES string of the molecule is Cc1cc(NCc2nc(C)no2)c2ccccc2n1. The molecule has 3 rings (SSSR count). The van der Waals surface area contributed by atoms with E-state index in [1.807, 2.05) is 37.3 Å². The van der Waals surface area contributed by atoms with Crippen LogP contribution >= 0.6 is 0 Å². The number of benzene rings is 1. The van der Waals surface area contributed by atoms with E-state index < -0.39 is 0 Å². The number of aromatic nitrogens is 3. The third-order valence-corrected chi connectivity index (χ3v) is 2.84. The molecule has 0 aliphatic carbocycles. The number of nitrogens with zero attached hydrogens (tertiary/aromatic N) is 3. The summed E-state index contributed by atoms with van der Waals surface area (Å²) in [6, 6.07) is 10.1. The van der Waals surface area contributed by atoms with Gasteiger partial charge in [-0.05, 0) is 26.0 Å². The van der Waals surface area contributed by atoms with Crippen molar-refractivity contribution in [2.24, 2.45) is 0 Å². The lowest BCUT2D eigenvalue weighted by Crippen LogP contribution is -2.01. The summed E-state index contributed by atoms with van der Waals surface area (Å²) in [5.41, 5.74) is 2.98. The number of fused-ring (bicyclic) bond motifs is 1. The second-order valence-electron chi connectivity index (χ2n) is 4.42. The summed E-state index contributed by atoms with van der Waals surface area (Å²) in [5, 5.41) is 8.18. The zero-order valence-electron chi connectivity index (χ0n) is 10.8. The average molecular weight is 254 g/mol. The van der Waals surface area contributed by atoms with Gasteiger partial charge in [-0.15, -0.1) is 0 Å². The van der Waals surface area contributed by atoms with E-state index >= 15 is 0 Å². The Labute approximate surface area is 110 Å². The number of anilines is 1. The van der Waals surface area contributed by atoms with E-state index in [9.17, 15) is 0 Å². The molecule has 0 aliphatic rings. The van der Waals surface area contributed by atoms with E-state index in [-0.39, 0.29) is 0 Å². The number of pyridine rings is 1. The lowest BCUT2D eigenvalue weighted by molar-refractivity contribution is 0.379. The normalized spacial score (nSPS) is 10.8. The van der Waals surface area contributed by atoms with Crippen LogP contribution in [0.2, 0.25) is 0 Å². The molecule has 0 aliphatic heterocycles. The minimum Gasteiger partial charge on any atom is -0.376 e. The lowest BCUT2D eigenvalue weighted by Gasteiger charge is -2.08. The highest BCUT2D eigenvalue weighted by atomic mass is 16.5. The molecule has 1 aromatic carbocycles. The quantitative estimate of drug-likeness (QED) is 0.778. The van der Waals surface area contributed by atoms with Gasteiger partial charge in [0.15, 0.2) is 5.82 Å². The van der Waals surface area contributed by atoms with Crippen LogP contribution in [0.5, 0.6) is 0 Å². The predicted octanol–water partition coefficient (Wildman–Crippen LogP) is 2.85. The van der Waals surface area contributed by atoms with Gasteiger partial charge >= 0.3 is 0 Å². The summed E-state index contributed by atoms with van der Waals surface area (Å²) < 4.78 is 5.09. The fraction of sp³-hybridized carbons (Fsp3) is 0.214. The molecule has 0 bridgehead atoms. The van der Waals surface area contributed by atoms with Gasteiger partial charge in [0, 0.05) is 16.8 Å². The van der Waals surface area contributed by atoms with E-state index in [0.29, 0.717) is 18.3 Å². The topological polar surface area (TPSA) is 63.8 Å².